The smallest absolute Gasteiger partial charge is 0.223 e. The molecule has 0 bridgehead atoms. The Hall–Kier alpha value is -0.240. The van der Waals surface area contributed by atoms with Gasteiger partial charge in [-0.25, -0.2) is 0 Å². The van der Waals surface area contributed by atoms with Gasteiger partial charge in [0.25, 0.3) is 0 Å². The maximum absolute atomic E-state index is 11.7. The fraction of sp³-hybridized carbons (Fsp3) is 0.923. The lowest BCUT2D eigenvalue weighted by molar-refractivity contribution is -0.125. The van der Waals surface area contributed by atoms with Crippen molar-refractivity contribution in [3.63, 3.8) is 0 Å². The quantitative estimate of drug-likeness (QED) is 0.715. The number of hydrogen-bond donors (Lipinski definition) is 1. The van der Waals surface area contributed by atoms with Gasteiger partial charge in [-0.3, -0.25) is 4.79 Å². The summed E-state index contributed by atoms with van der Waals surface area (Å²) in [4.78, 5) is 11.7. The van der Waals surface area contributed by atoms with Crippen molar-refractivity contribution in [2.75, 3.05) is 6.54 Å². The van der Waals surface area contributed by atoms with Gasteiger partial charge in [-0.2, -0.15) is 0 Å². The summed E-state index contributed by atoms with van der Waals surface area (Å²) in [6.45, 7) is 11.1. The first-order valence-corrected chi connectivity index (χ1v) is 6.65. The Labute approximate surface area is 105 Å². The second-order valence-corrected chi connectivity index (χ2v) is 6.24. The highest BCUT2D eigenvalue weighted by molar-refractivity contribution is 6.20. The predicted octanol–water partition coefficient (Wildman–Crippen LogP) is 3.58. The van der Waals surface area contributed by atoms with Gasteiger partial charge in [-0.05, 0) is 24.7 Å². The first-order chi connectivity index (χ1) is 7.30. The Bertz CT molecular complexity index is 206. The van der Waals surface area contributed by atoms with Crippen LogP contribution < -0.4 is 5.32 Å². The first-order valence-electron chi connectivity index (χ1n) is 6.22. The molecule has 0 radical (unpaired) electrons. The average Bonchev–Trinajstić information content (AvgIpc) is 2.14. The fourth-order valence-corrected chi connectivity index (χ4v) is 2.29. The molecule has 0 spiro atoms. The molecule has 96 valence electrons. The molecule has 0 aliphatic carbocycles. The molecule has 0 aromatic heterocycles. The third-order valence-corrected chi connectivity index (χ3v) is 3.00. The third-order valence-electron chi connectivity index (χ3n) is 2.69. The zero-order chi connectivity index (χ0) is 12.8. The standard InChI is InChI=1S/C13H26ClNO/c1-6-10(7-2)12(16)15-9-11(14)8-13(3,4)5/h10-11H,6-9H2,1-5H3,(H,15,16). The van der Waals surface area contributed by atoms with E-state index in [1.54, 1.807) is 0 Å². The number of rotatable bonds is 6. The summed E-state index contributed by atoms with van der Waals surface area (Å²) >= 11 is 6.19. The largest absolute Gasteiger partial charge is 0.354 e. The normalized spacial score (nSPS) is 13.9. The van der Waals surface area contributed by atoms with Crippen LogP contribution in [0.2, 0.25) is 0 Å². The molecule has 0 aliphatic heterocycles. The molecule has 0 aliphatic rings. The monoisotopic (exact) mass is 247 g/mol. The van der Waals surface area contributed by atoms with Crippen molar-refractivity contribution in [3.8, 4) is 0 Å². The highest BCUT2D eigenvalue weighted by atomic mass is 35.5. The lowest BCUT2D eigenvalue weighted by Crippen LogP contribution is -2.35. The van der Waals surface area contributed by atoms with Crippen LogP contribution in [0.25, 0.3) is 0 Å². The summed E-state index contributed by atoms with van der Waals surface area (Å²) in [5, 5.41) is 2.96. The Morgan fingerprint density at radius 1 is 1.25 bits per heavy atom. The van der Waals surface area contributed by atoms with Crippen LogP contribution in [0, 0.1) is 11.3 Å². The molecule has 1 amide bonds. The van der Waals surface area contributed by atoms with E-state index in [1.807, 2.05) is 13.8 Å². The third kappa shape index (κ3) is 7.10. The van der Waals surface area contributed by atoms with Gasteiger partial charge >= 0.3 is 0 Å². The van der Waals surface area contributed by atoms with E-state index in [0.29, 0.717) is 6.54 Å². The second kappa shape index (κ2) is 7.16. The number of nitrogens with one attached hydrogen (secondary N) is 1. The zero-order valence-electron chi connectivity index (χ0n) is 11.3. The number of carbonyl (C=O) groups is 1. The lowest BCUT2D eigenvalue weighted by Gasteiger charge is -2.22. The van der Waals surface area contributed by atoms with Crippen molar-refractivity contribution in [3.05, 3.63) is 0 Å². The van der Waals surface area contributed by atoms with Gasteiger partial charge in [0.05, 0.1) is 5.38 Å². The summed E-state index contributed by atoms with van der Waals surface area (Å²) in [5.41, 5.74) is 0.214. The summed E-state index contributed by atoms with van der Waals surface area (Å²) in [5.74, 6) is 0.281. The van der Waals surface area contributed by atoms with Gasteiger partial charge < -0.3 is 5.32 Å². The average molecular weight is 248 g/mol. The molecule has 1 atom stereocenters. The van der Waals surface area contributed by atoms with Gasteiger partial charge in [0.15, 0.2) is 0 Å². The van der Waals surface area contributed by atoms with Gasteiger partial charge in [0.1, 0.15) is 0 Å². The summed E-state index contributed by atoms with van der Waals surface area (Å²) < 4.78 is 0. The minimum absolute atomic E-state index is 0.0262. The molecule has 0 rings (SSSR count). The SMILES string of the molecule is CCC(CC)C(=O)NCC(Cl)CC(C)(C)C. The van der Waals surface area contributed by atoms with Crippen molar-refractivity contribution < 1.29 is 4.79 Å². The van der Waals surface area contributed by atoms with Crippen LogP contribution in [0.1, 0.15) is 53.9 Å². The van der Waals surface area contributed by atoms with Gasteiger partial charge in [0, 0.05) is 12.5 Å². The molecule has 2 nitrogen and oxygen atoms in total. The van der Waals surface area contributed by atoms with Crippen LogP contribution in [0.4, 0.5) is 0 Å². The van der Waals surface area contributed by atoms with Crippen molar-refractivity contribution in [2.45, 2.75) is 59.3 Å². The minimum Gasteiger partial charge on any atom is -0.354 e. The molecule has 0 aromatic rings. The van der Waals surface area contributed by atoms with E-state index in [9.17, 15) is 4.79 Å². The second-order valence-electron chi connectivity index (χ2n) is 5.62. The van der Waals surface area contributed by atoms with Crippen LogP contribution in [-0.2, 0) is 4.79 Å². The lowest BCUT2D eigenvalue weighted by atomic mass is 9.90. The number of carbonyl (C=O) groups excluding carboxylic acids is 1. The van der Waals surface area contributed by atoms with E-state index in [4.69, 9.17) is 11.6 Å². The highest BCUT2D eigenvalue weighted by Gasteiger charge is 2.19. The Morgan fingerprint density at radius 2 is 1.75 bits per heavy atom. The molecule has 16 heavy (non-hydrogen) atoms. The topological polar surface area (TPSA) is 29.1 Å². The maximum Gasteiger partial charge on any atom is 0.223 e. The fourth-order valence-electron chi connectivity index (χ4n) is 1.75. The molecule has 3 heteroatoms. The van der Waals surface area contributed by atoms with Gasteiger partial charge in [0.2, 0.25) is 5.91 Å². The van der Waals surface area contributed by atoms with Gasteiger partial charge in [-0.15, -0.1) is 11.6 Å². The van der Waals surface area contributed by atoms with Crippen LogP contribution >= 0.6 is 11.6 Å². The molecule has 1 unspecified atom stereocenters. The molecule has 1 N–H and O–H groups in total. The molecule has 0 saturated carbocycles. The van der Waals surface area contributed by atoms with Crippen LogP contribution in [0.15, 0.2) is 0 Å². The summed E-state index contributed by atoms with van der Waals surface area (Å²) in [7, 11) is 0. The van der Waals surface area contributed by atoms with E-state index in [2.05, 4.69) is 26.1 Å². The van der Waals surface area contributed by atoms with E-state index in [0.717, 1.165) is 19.3 Å². The number of hydrogen-bond acceptors (Lipinski definition) is 1. The van der Waals surface area contributed by atoms with Crippen LogP contribution in [0.5, 0.6) is 0 Å². The minimum atomic E-state index is 0.0262. The zero-order valence-corrected chi connectivity index (χ0v) is 12.0. The molecule has 0 saturated heterocycles. The Balaban J connectivity index is 3.92. The van der Waals surface area contributed by atoms with E-state index in [1.165, 1.54) is 0 Å². The Kier molecular flexibility index (Phi) is 7.05. The molecular weight excluding hydrogens is 222 g/mol. The highest BCUT2D eigenvalue weighted by Crippen LogP contribution is 2.23. The number of amides is 1. The maximum atomic E-state index is 11.7. The van der Waals surface area contributed by atoms with Crippen molar-refractivity contribution in [1.29, 1.82) is 0 Å². The van der Waals surface area contributed by atoms with E-state index < -0.39 is 0 Å². The van der Waals surface area contributed by atoms with E-state index in [-0.39, 0.29) is 22.6 Å². The van der Waals surface area contributed by atoms with E-state index >= 15 is 0 Å². The van der Waals surface area contributed by atoms with Crippen molar-refractivity contribution in [1.82, 2.24) is 5.32 Å². The predicted molar refractivity (Wildman–Crippen MR) is 70.8 cm³/mol. The Morgan fingerprint density at radius 3 is 2.12 bits per heavy atom. The summed E-state index contributed by atoms with van der Waals surface area (Å²) in [6.07, 6.45) is 2.71. The van der Waals surface area contributed by atoms with Crippen molar-refractivity contribution >= 4 is 17.5 Å². The number of alkyl halides is 1. The number of halogens is 1. The molecule has 0 heterocycles. The van der Waals surface area contributed by atoms with Crippen LogP contribution in [0.3, 0.4) is 0 Å². The molecular formula is C13H26ClNO. The van der Waals surface area contributed by atoms with Gasteiger partial charge in [-0.1, -0.05) is 34.6 Å². The molecule has 0 fully saturated rings. The first kappa shape index (κ1) is 15.8. The van der Waals surface area contributed by atoms with Crippen molar-refractivity contribution in [2.24, 2.45) is 11.3 Å². The summed E-state index contributed by atoms with van der Waals surface area (Å²) in [6, 6.07) is 0. The molecule has 0 aromatic carbocycles. The van der Waals surface area contributed by atoms with Crippen LogP contribution in [-0.4, -0.2) is 17.8 Å².